The Hall–Kier alpha value is -2.79. The molecule has 0 saturated heterocycles. The molecule has 166 valence electrons. The first-order valence-corrected chi connectivity index (χ1v) is 12.3. The molecule has 3 aromatic rings. The van der Waals surface area contributed by atoms with Crippen molar-refractivity contribution < 1.29 is 9.53 Å². The zero-order valence-corrected chi connectivity index (χ0v) is 19.8. The molecule has 1 N–H and O–H groups in total. The smallest absolute Gasteiger partial charge is 0.322 e. The number of aryl methyl sites for hydroxylation is 3. The van der Waals surface area contributed by atoms with Crippen LogP contribution < -0.4 is 10.1 Å². The highest BCUT2D eigenvalue weighted by atomic mass is 32.1. The third kappa shape index (κ3) is 3.69. The maximum Gasteiger partial charge on any atom is 0.322 e. The van der Waals surface area contributed by atoms with Gasteiger partial charge in [0.15, 0.2) is 0 Å². The van der Waals surface area contributed by atoms with E-state index in [1.54, 1.807) is 12.7 Å². The Kier molecular flexibility index (Phi) is 5.68. The van der Waals surface area contributed by atoms with Crippen molar-refractivity contribution in [2.45, 2.75) is 52.0 Å². The molecule has 0 radical (unpaired) electrons. The lowest BCUT2D eigenvalue weighted by Crippen LogP contribution is -2.42. The quantitative estimate of drug-likeness (QED) is 0.503. The normalized spacial score (nSPS) is 17.5. The summed E-state index contributed by atoms with van der Waals surface area (Å²) in [4.78, 5) is 18.5. The Morgan fingerprint density at radius 3 is 2.69 bits per heavy atom. The first kappa shape index (κ1) is 21.1. The number of anilines is 1. The Morgan fingerprint density at radius 1 is 1.06 bits per heavy atom. The Bertz CT molecular complexity index is 1170. The van der Waals surface area contributed by atoms with Crippen molar-refractivity contribution in [3.63, 3.8) is 0 Å². The number of fused-ring (bicyclic) bond motifs is 3. The second-order valence-electron chi connectivity index (χ2n) is 8.89. The highest BCUT2D eigenvalue weighted by Gasteiger charge is 2.37. The Balaban J connectivity index is 1.57. The molecule has 5 heteroatoms. The maximum atomic E-state index is 13.6. The fraction of sp³-hybridized carbons (Fsp3) is 0.370. The molecule has 2 amide bonds. The maximum absolute atomic E-state index is 13.6. The summed E-state index contributed by atoms with van der Waals surface area (Å²) < 4.78 is 5.74. The van der Waals surface area contributed by atoms with Gasteiger partial charge in [-0.2, -0.15) is 0 Å². The summed E-state index contributed by atoms with van der Waals surface area (Å²) in [5.41, 5.74) is 7.25. The zero-order chi connectivity index (χ0) is 22.2. The first-order valence-electron chi connectivity index (χ1n) is 11.5. The molecule has 5 rings (SSSR count). The van der Waals surface area contributed by atoms with Gasteiger partial charge in [-0.25, -0.2) is 4.79 Å². The van der Waals surface area contributed by atoms with Crippen molar-refractivity contribution in [2.75, 3.05) is 19.0 Å². The van der Waals surface area contributed by atoms with E-state index in [1.807, 2.05) is 53.5 Å². The predicted octanol–water partition coefficient (Wildman–Crippen LogP) is 6.43. The molecule has 0 saturated carbocycles. The van der Waals surface area contributed by atoms with Crippen molar-refractivity contribution in [3.05, 3.63) is 80.0 Å². The van der Waals surface area contributed by atoms with Crippen molar-refractivity contribution in [1.29, 1.82) is 0 Å². The van der Waals surface area contributed by atoms with Crippen LogP contribution in [0, 0.1) is 13.8 Å². The van der Waals surface area contributed by atoms with Gasteiger partial charge in [0.1, 0.15) is 5.75 Å². The minimum Gasteiger partial charge on any atom is -0.496 e. The molecular weight excluding hydrogens is 416 g/mol. The van der Waals surface area contributed by atoms with Crippen LogP contribution in [-0.4, -0.2) is 24.6 Å². The molecule has 32 heavy (non-hydrogen) atoms. The average Bonchev–Trinajstić information content (AvgIpc) is 3.19. The van der Waals surface area contributed by atoms with E-state index in [4.69, 9.17) is 4.74 Å². The van der Waals surface area contributed by atoms with Crippen LogP contribution in [0.15, 0.2) is 42.5 Å². The molecule has 0 unspecified atom stereocenters. The van der Waals surface area contributed by atoms with Gasteiger partial charge in [0.05, 0.1) is 13.2 Å². The fourth-order valence-corrected chi connectivity index (χ4v) is 6.79. The second kappa shape index (κ2) is 8.62. The molecule has 1 aromatic heterocycles. The minimum absolute atomic E-state index is 0.0510. The van der Waals surface area contributed by atoms with Gasteiger partial charge in [-0.15, -0.1) is 11.3 Å². The summed E-state index contributed by atoms with van der Waals surface area (Å²) in [5.74, 6) is 0.834. The van der Waals surface area contributed by atoms with Gasteiger partial charge in [-0.1, -0.05) is 35.9 Å². The number of benzene rings is 2. The molecule has 0 spiro atoms. The third-order valence-electron chi connectivity index (χ3n) is 6.79. The van der Waals surface area contributed by atoms with Gasteiger partial charge < -0.3 is 15.0 Å². The molecule has 1 aliphatic heterocycles. The Morgan fingerprint density at radius 2 is 1.88 bits per heavy atom. The average molecular weight is 447 g/mol. The minimum atomic E-state index is -0.128. The second-order valence-corrected chi connectivity index (χ2v) is 10.0. The number of para-hydroxylation sites is 1. The first-order chi connectivity index (χ1) is 15.6. The summed E-state index contributed by atoms with van der Waals surface area (Å²) in [6.45, 7) is 4.82. The number of carbonyl (C=O) groups excluding carboxylic acids is 1. The molecule has 2 aliphatic rings. The van der Waals surface area contributed by atoms with Gasteiger partial charge >= 0.3 is 6.03 Å². The summed E-state index contributed by atoms with van der Waals surface area (Å²) >= 11 is 1.92. The molecule has 1 atom stereocenters. The zero-order valence-electron chi connectivity index (χ0n) is 19.0. The number of methoxy groups -OCH3 is 1. The van der Waals surface area contributed by atoms with E-state index >= 15 is 0 Å². The summed E-state index contributed by atoms with van der Waals surface area (Å²) in [6, 6.07) is 14.1. The van der Waals surface area contributed by atoms with Gasteiger partial charge in [-0.05, 0) is 74.8 Å². The highest BCUT2D eigenvalue weighted by Crippen LogP contribution is 2.47. The number of rotatable bonds is 3. The van der Waals surface area contributed by atoms with Crippen LogP contribution in [-0.2, 0) is 19.3 Å². The number of amides is 2. The standard InChI is InChI=1S/C27H30N2O2S/c1-17-12-13-22(18(2)16-17)28-27(30)29-15-14-20-19-8-5-7-11-24(19)32-26(20)25(29)21-9-4-6-10-23(21)31-3/h4,6,9-10,12-13,16,25H,5,7-8,11,14-15H2,1-3H3,(H,28,30)/t25-/m0/s1. The van der Waals surface area contributed by atoms with Crippen LogP contribution in [0.25, 0.3) is 0 Å². The van der Waals surface area contributed by atoms with E-state index in [2.05, 4.69) is 24.4 Å². The molecule has 0 bridgehead atoms. The number of nitrogens with one attached hydrogen (secondary N) is 1. The van der Waals surface area contributed by atoms with E-state index in [-0.39, 0.29) is 12.1 Å². The molecule has 4 nitrogen and oxygen atoms in total. The van der Waals surface area contributed by atoms with E-state index in [0.717, 1.165) is 29.0 Å². The number of thiophene rings is 1. The predicted molar refractivity (Wildman–Crippen MR) is 131 cm³/mol. The number of nitrogens with zero attached hydrogens (tertiary/aromatic N) is 1. The van der Waals surface area contributed by atoms with Crippen molar-refractivity contribution in [3.8, 4) is 5.75 Å². The van der Waals surface area contributed by atoms with Gasteiger partial charge in [0, 0.05) is 27.5 Å². The third-order valence-corrected chi connectivity index (χ3v) is 8.18. The lowest BCUT2D eigenvalue weighted by Gasteiger charge is -2.37. The SMILES string of the molecule is COc1ccccc1[C@H]1c2sc3c(c2CCN1C(=O)Nc1ccc(C)cc1C)CCCC3. The highest BCUT2D eigenvalue weighted by molar-refractivity contribution is 7.12. The largest absolute Gasteiger partial charge is 0.496 e. The monoisotopic (exact) mass is 446 g/mol. The van der Waals surface area contributed by atoms with Crippen LogP contribution in [0.4, 0.5) is 10.5 Å². The van der Waals surface area contributed by atoms with Crippen LogP contribution >= 0.6 is 11.3 Å². The van der Waals surface area contributed by atoms with E-state index in [1.165, 1.54) is 46.6 Å². The van der Waals surface area contributed by atoms with Crippen LogP contribution in [0.5, 0.6) is 5.75 Å². The molecule has 2 aromatic carbocycles. The molecule has 2 heterocycles. The number of hydrogen-bond donors (Lipinski definition) is 1. The molecule has 0 fully saturated rings. The number of carbonyl (C=O) groups is 1. The van der Waals surface area contributed by atoms with Crippen molar-refractivity contribution in [2.24, 2.45) is 0 Å². The lowest BCUT2D eigenvalue weighted by atomic mass is 9.88. The summed E-state index contributed by atoms with van der Waals surface area (Å²) in [7, 11) is 1.71. The topological polar surface area (TPSA) is 41.6 Å². The molecule has 1 aliphatic carbocycles. The van der Waals surface area contributed by atoms with E-state index < -0.39 is 0 Å². The fourth-order valence-electron chi connectivity index (χ4n) is 5.21. The van der Waals surface area contributed by atoms with Crippen LogP contribution in [0.2, 0.25) is 0 Å². The van der Waals surface area contributed by atoms with Crippen molar-refractivity contribution >= 4 is 23.1 Å². The number of urea groups is 1. The van der Waals surface area contributed by atoms with Crippen molar-refractivity contribution in [1.82, 2.24) is 4.90 Å². The summed E-state index contributed by atoms with van der Waals surface area (Å²) in [6.07, 6.45) is 5.80. The lowest BCUT2D eigenvalue weighted by molar-refractivity contribution is 0.194. The van der Waals surface area contributed by atoms with Gasteiger partial charge in [0.2, 0.25) is 0 Å². The number of ether oxygens (including phenoxy) is 1. The van der Waals surface area contributed by atoms with Crippen LogP contribution in [0.3, 0.4) is 0 Å². The van der Waals surface area contributed by atoms with E-state index in [0.29, 0.717) is 6.54 Å². The number of hydrogen-bond acceptors (Lipinski definition) is 3. The van der Waals surface area contributed by atoms with E-state index in [9.17, 15) is 4.79 Å². The summed E-state index contributed by atoms with van der Waals surface area (Å²) in [5, 5.41) is 3.19. The molecular formula is C27H30N2O2S. The Labute approximate surface area is 194 Å². The van der Waals surface area contributed by atoms with Crippen LogP contribution in [0.1, 0.15) is 56.5 Å². The van der Waals surface area contributed by atoms with Gasteiger partial charge in [-0.3, -0.25) is 0 Å². The van der Waals surface area contributed by atoms with Gasteiger partial charge in [0.25, 0.3) is 0 Å².